The first-order valence-corrected chi connectivity index (χ1v) is 7.26. The number of hydrogen-bond acceptors (Lipinski definition) is 5. The van der Waals surface area contributed by atoms with E-state index in [1.807, 2.05) is 37.3 Å². The van der Waals surface area contributed by atoms with Gasteiger partial charge >= 0.3 is 0 Å². The van der Waals surface area contributed by atoms with Crippen molar-refractivity contribution in [1.82, 2.24) is 4.98 Å². The van der Waals surface area contributed by atoms with Gasteiger partial charge in [0.05, 0.1) is 24.7 Å². The molecule has 2 heterocycles. The number of anilines is 1. The number of rotatable bonds is 4. The molecular formula is C17H17N3O3. The SMILES string of the molecule is COc1ccc(C2=NOC(C(=O)Nc3cnccc3C)C2)cc1. The summed E-state index contributed by atoms with van der Waals surface area (Å²) in [7, 11) is 1.62. The second kappa shape index (κ2) is 6.48. The van der Waals surface area contributed by atoms with Crippen LogP contribution in [0, 0.1) is 6.92 Å². The summed E-state index contributed by atoms with van der Waals surface area (Å²) in [5, 5.41) is 6.85. The standard InChI is InChI=1S/C17H17N3O3/c1-11-7-8-18-10-15(11)19-17(21)16-9-14(20-23-16)12-3-5-13(22-2)6-4-12/h3-8,10,16H,9H2,1-2H3,(H,19,21). The van der Waals surface area contributed by atoms with Crippen LogP contribution in [0.15, 0.2) is 47.9 Å². The zero-order chi connectivity index (χ0) is 16.2. The third-order valence-corrected chi connectivity index (χ3v) is 3.68. The lowest BCUT2D eigenvalue weighted by molar-refractivity contribution is -0.125. The van der Waals surface area contributed by atoms with Crippen molar-refractivity contribution in [3.63, 3.8) is 0 Å². The Morgan fingerprint density at radius 2 is 2.09 bits per heavy atom. The summed E-state index contributed by atoms with van der Waals surface area (Å²) in [4.78, 5) is 21.6. The average Bonchev–Trinajstić information content (AvgIpc) is 3.07. The molecule has 1 aromatic carbocycles. The van der Waals surface area contributed by atoms with Crippen molar-refractivity contribution in [2.75, 3.05) is 12.4 Å². The Kier molecular flexibility index (Phi) is 4.23. The van der Waals surface area contributed by atoms with Gasteiger partial charge in [0.15, 0.2) is 0 Å². The summed E-state index contributed by atoms with van der Waals surface area (Å²) >= 11 is 0. The molecule has 6 heteroatoms. The summed E-state index contributed by atoms with van der Waals surface area (Å²) in [6, 6.07) is 9.33. The molecule has 1 N–H and O–H groups in total. The molecule has 0 aliphatic carbocycles. The predicted octanol–water partition coefficient (Wildman–Crippen LogP) is 2.53. The minimum atomic E-state index is -0.633. The monoisotopic (exact) mass is 311 g/mol. The third-order valence-electron chi connectivity index (χ3n) is 3.68. The van der Waals surface area contributed by atoms with E-state index >= 15 is 0 Å². The molecule has 1 amide bonds. The Labute approximate surface area is 134 Å². The summed E-state index contributed by atoms with van der Waals surface area (Å²) < 4.78 is 5.13. The van der Waals surface area contributed by atoms with E-state index in [9.17, 15) is 4.79 Å². The first-order valence-electron chi connectivity index (χ1n) is 7.26. The first kappa shape index (κ1) is 15.0. The summed E-state index contributed by atoms with van der Waals surface area (Å²) in [6.07, 6.45) is 3.10. The number of nitrogens with one attached hydrogen (secondary N) is 1. The van der Waals surface area contributed by atoms with E-state index in [0.29, 0.717) is 12.1 Å². The van der Waals surface area contributed by atoms with Crippen LogP contribution in [0.1, 0.15) is 17.5 Å². The first-order chi connectivity index (χ1) is 11.2. The van der Waals surface area contributed by atoms with Gasteiger partial charge in [0.2, 0.25) is 6.10 Å². The van der Waals surface area contributed by atoms with Gasteiger partial charge in [-0.05, 0) is 48.4 Å². The van der Waals surface area contributed by atoms with Crippen molar-refractivity contribution in [2.45, 2.75) is 19.4 Å². The van der Waals surface area contributed by atoms with Gasteiger partial charge in [-0.2, -0.15) is 0 Å². The maximum atomic E-state index is 12.3. The highest BCUT2D eigenvalue weighted by molar-refractivity contribution is 6.06. The molecule has 0 spiro atoms. The summed E-state index contributed by atoms with van der Waals surface area (Å²) in [5.74, 6) is 0.544. The van der Waals surface area contributed by atoms with E-state index in [2.05, 4.69) is 15.5 Å². The summed E-state index contributed by atoms with van der Waals surface area (Å²) in [5.41, 5.74) is 3.29. The number of hydrogen-bond donors (Lipinski definition) is 1. The van der Waals surface area contributed by atoms with Gasteiger partial charge in [0, 0.05) is 12.6 Å². The molecule has 1 atom stereocenters. The van der Waals surface area contributed by atoms with Crippen LogP contribution < -0.4 is 10.1 Å². The smallest absolute Gasteiger partial charge is 0.268 e. The van der Waals surface area contributed by atoms with Crippen molar-refractivity contribution in [3.05, 3.63) is 53.9 Å². The Hall–Kier alpha value is -2.89. The van der Waals surface area contributed by atoms with Gasteiger partial charge in [-0.25, -0.2) is 0 Å². The highest BCUT2D eigenvalue weighted by atomic mass is 16.6. The maximum Gasteiger partial charge on any atom is 0.268 e. The second-order valence-corrected chi connectivity index (χ2v) is 5.24. The normalized spacial score (nSPS) is 16.4. The van der Waals surface area contributed by atoms with Crippen molar-refractivity contribution >= 4 is 17.3 Å². The lowest BCUT2D eigenvalue weighted by atomic mass is 10.0. The van der Waals surface area contributed by atoms with Gasteiger partial charge in [-0.15, -0.1) is 0 Å². The molecule has 1 unspecified atom stereocenters. The molecule has 1 aliphatic rings. The van der Waals surface area contributed by atoms with Crippen LogP contribution >= 0.6 is 0 Å². The minimum absolute atomic E-state index is 0.228. The average molecular weight is 311 g/mol. The van der Waals surface area contributed by atoms with E-state index in [1.165, 1.54) is 0 Å². The second-order valence-electron chi connectivity index (χ2n) is 5.24. The van der Waals surface area contributed by atoms with Crippen molar-refractivity contribution < 1.29 is 14.4 Å². The topological polar surface area (TPSA) is 72.8 Å². The number of aromatic nitrogens is 1. The number of amides is 1. The number of oxime groups is 1. The highest BCUT2D eigenvalue weighted by Gasteiger charge is 2.29. The predicted molar refractivity (Wildman–Crippen MR) is 86.6 cm³/mol. The fourth-order valence-electron chi connectivity index (χ4n) is 2.28. The van der Waals surface area contributed by atoms with E-state index in [1.54, 1.807) is 19.5 Å². The molecular weight excluding hydrogens is 294 g/mol. The number of methoxy groups -OCH3 is 1. The zero-order valence-corrected chi connectivity index (χ0v) is 12.9. The molecule has 6 nitrogen and oxygen atoms in total. The molecule has 0 bridgehead atoms. The Morgan fingerprint density at radius 1 is 1.30 bits per heavy atom. The molecule has 1 aliphatic heterocycles. The number of carbonyl (C=O) groups excluding carboxylic acids is 1. The number of aryl methyl sites for hydroxylation is 1. The van der Waals surface area contributed by atoms with Crippen molar-refractivity contribution in [2.24, 2.45) is 5.16 Å². The van der Waals surface area contributed by atoms with Crippen LogP contribution in [0.3, 0.4) is 0 Å². The Morgan fingerprint density at radius 3 is 2.78 bits per heavy atom. The lowest BCUT2D eigenvalue weighted by Crippen LogP contribution is -2.28. The largest absolute Gasteiger partial charge is 0.497 e. The van der Waals surface area contributed by atoms with Crippen molar-refractivity contribution in [1.29, 1.82) is 0 Å². The van der Waals surface area contributed by atoms with Gasteiger partial charge in [-0.1, -0.05) is 5.16 Å². The number of ether oxygens (including phenoxy) is 1. The number of carbonyl (C=O) groups is 1. The molecule has 0 saturated carbocycles. The van der Waals surface area contributed by atoms with E-state index < -0.39 is 6.10 Å². The molecule has 0 saturated heterocycles. The third kappa shape index (κ3) is 3.31. The van der Waals surface area contributed by atoms with Gasteiger partial charge in [0.25, 0.3) is 5.91 Å². The van der Waals surface area contributed by atoms with E-state index in [0.717, 1.165) is 22.6 Å². The number of pyridine rings is 1. The van der Waals surface area contributed by atoms with E-state index in [4.69, 9.17) is 9.57 Å². The molecule has 0 fully saturated rings. The fraction of sp³-hybridized carbons (Fsp3) is 0.235. The van der Waals surface area contributed by atoms with Gasteiger partial charge < -0.3 is 14.9 Å². The highest BCUT2D eigenvalue weighted by Crippen LogP contribution is 2.21. The number of benzene rings is 1. The Bertz CT molecular complexity index is 741. The molecule has 2 aromatic rings. The molecule has 3 rings (SSSR count). The minimum Gasteiger partial charge on any atom is -0.497 e. The number of nitrogens with zero attached hydrogens (tertiary/aromatic N) is 2. The van der Waals surface area contributed by atoms with Crippen LogP contribution in [0.2, 0.25) is 0 Å². The van der Waals surface area contributed by atoms with Crippen LogP contribution in [-0.2, 0) is 9.63 Å². The van der Waals surface area contributed by atoms with Crippen molar-refractivity contribution in [3.8, 4) is 5.75 Å². The quantitative estimate of drug-likeness (QED) is 0.941. The van der Waals surface area contributed by atoms with Gasteiger partial charge in [0.1, 0.15) is 5.75 Å². The molecule has 1 aromatic heterocycles. The van der Waals surface area contributed by atoms with Crippen LogP contribution in [0.25, 0.3) is 0 Å². The van der Waals surface area contributed by atoms with Crippen LogP contribution in [0.5, 0.6) is 5.75 Å². The molecule has 0 radical (unpaired) electrons. The van der Waals surface area contributed by atoms with Crippen LogP contribution in [-0.4, -0.2) is 29.8 Å². The lowest BCUT2D eigenvalue weighted by Gasteiger charge is -2.10. The summed E-state index contributed by atoms with van der Waals surface area (Å²) in [6.45, 7) is 1.91. The van der Waals surface area contributed by atoms with Gasteiger partial charge in [-0.3, -0.25) is 9.78 Å². The zero-order valence-electron chi connectivity index (χ0n) is 12.9. The Balaban J connectivity index is 1.64. The fourth-order valence-corrected chi connectivity index (χ4v) is 2.28. The molecule has 118 valence electrons. The molecule has 23 heavy (non-hydrogen) atoms. The van der Waals surface area contributed by atoms with E-state index in [-0.39, 0.29) is 5.91 Å². The maximum absolute atomic E-state index is 12.3. The van der Waals surface area contributed by atoms with Crippen LogP contribution in [0.4, 0.5) is 5.69 Å².